The summed E-state index contributed by atoms with van der Waals surface area (Å²) in [6.45, 7) is 1.09. The molecule has 0 bridgehead atoms. The Morgan fingerprint density at radius 1 is 1.25 bits per heavy atom. The van der Waals surface area contributed by atoms with E-state index in [1.165, 1.54) is 0 Å². The molecule has 148 valence electrons. The summed E-state index contributed by atoms with van der Waals surface area (Å²) in [7, 11) is 1.55. The molecule has 28 heavy (non-hydrogen) atoms. The van der Waals surface area contributed by atoms with Crippen LogP contribution < -0.4 is 4.74 Å². The van der Waals surface area contributed by atoms with Gasteiger partial charge in [0.1, 0.15) is 12.4 Å². The summed E-state index contributed by atoms with van der Waals surface area (Å²) in [5.41, 5.74) is 1.72. The maximum atomic E-state index is 12.3. The molecule has 1 fully saturated rings. The van der Waals surface area contributed by atoms with Crippen molar-refractivity contribution >= 4 is 23.5 Å². The number of hydrogen-bond acceptors (Lipinski definition) is 4. The number of hydrogen-bond donors (Lipinski definition) is 1. The number of likely N-dealkylation sites (tertiary alicyclic amines) is 1. The number of carbonyl (C=O) groups excluding carboxylic acids is 1. The van der Waals surface area contributed by atoms with Crippen LogP contribution in [0.4, 0.5) is 0 Å². The Morgan fingerprint density at radius 3 is 2.64 bits per heavy atom. The number of aliphatic carboxylic acids is 1. The van der Waals surface area contributed by atoms with Crippen molar-refractivity contribution in [2.24, 2.45) is 5.92 Å². The van der Waals surface area contributed by atoms with E-state index in [9.17, 15) is 14.7 Å². The van der Waals surface area contributed by atoms with Crippen LogP contribution in [0.3, 0.4) is 0 Å². The molecule has 1 N–H and O–H groups in total. The number of nitrogens with zero attached hydrogens (tertiary/aromatic N) is 1. The van der Waals surface area contributed by atoms with Crippen LogP contribution in [0, 0.1) is 5.92 Å². The highest BCUT2D eigenvalue weighted by molar-refractivity contribution is 6.30. The monoisotopic (exact) mass is 403 g/mol. The Hall–Kier alpha value is -2.57. The van der Waals surface area contributed by atoms with E-state index < -0.39 is 17.9 Å². The summed E-state index contributed by atoms with van der Waals surface area (Å²) in [5, 5.41) is 10.2. The zero-order valence-electron chi connectivity index (χ0n) is 15.5. The molecule has 1 heterocycles. The lowest BCUT2D eigenvalue weighted by Gasteiger charge is -2.27. The van der Waals surface area contributed by atoms with Crippen molar-refractivity contribution in [3.05, 3.63) is 64.7 Å². The van der Waals surface area contributed by atoms with Gasteiger partial charge in [-0.3, -0.25) is 9.59 Å². The number of methoxy groups -OCH3 is 1. The molecule has 0 unspecified atom stereocenters. The Bertz CT molecular complexity index is 839. The van der Waals surface area contributed by atoms with E-state index in [-0.39, 0.29) is 12.3 Å². The molecule has 0 aromatic heterocycles. The number of ether oxygens (including phenoxy) is 2. The largest absolute Gasteiger partial charge is 0.489 e. The van der Waals surface area contributed by atoms with Gasteiger partial charge in [-0.2, -0.15) is 0 Å². The smallest absolute Gasteiger partial charge is 0.309 e. The minimum atomic E-state index is -0.973. The van der Waals surface area contributed by atoms with Crippen molar-refractivity contribution in [2.75, 3.05) is 20.3 Å². The maximum Gasteiger partial charge on any atom is 0.309 e. The summed E-state index contributed by atoms with van der Waals surface area (Å²) in [4.78, 5) is 25.5. The molecule has 7 heteroatoms. The third kappa shape index (κ3) is 4.64. The van der Waals surface area contributed by atoms with Gasteiger partial charge in [-0.05, 0) is 35.4 Å². The van der Waals surface area contributed by atoms with Crippen LogP contribution in [-0.4, -0.2) is 42.1 Å². The van der Waals surface area contributed by atoms with E-state index in [4.69, 9.17) is 21.1 Å². The Balaban J connectivity index is 1.74. The van der Waals surface area contributed by atoms with Gasteiger partial charge in [-0.15, -0.1) is 0 Å². The first-order chi connectivity index (χ1) is 13.5. The predicted molar refractivity (Wildman–Crippen MR) is 104 cm³/mol. The lowest BCUT2D eigenvalue weighted by Crippen LogP contribution is -2.33. The van der Waals surface area contributed by atoms with E-state index in [1.54, 1.807) is 30.2 Å². The first kappa shape index (κ1) is 20.2. The normalized spacial score (nSPS) is 19.1. The molecule has 0 aliphatic carbocycles. The third-order valence-corrected chi connectivity index (χ3v) is 5.04. The maximum absolute atomic E-state index is 12.3. The molecular formula is C21H22ClNO5. The topological polar surface area (TPSA) is 76.1 Å². The number of amides is 1. The van der Waals surface area contributed by atoms with Crippen molar-refractivity contribution in [1.29, 1.82) is 0 Å². The van der Waals surface area contributed by atoms with Gasteiger partial charge in [0.2, 0.25) is 5.91 Å². The number of rotatable bonds is 8. The van der Waals surface area contributed by atoms with Crippen molar-refractivity contribution < 1.29 is 24.2 Å². The number of halogens is 1. The molecule has 2 aromatic carbocycles. The lowest BCUT2D eigenvalue weighted by atomic mass is 9.93. The second-order valence-corrected chi connectivity index (χ2v) is 7.10. The van der Waals surface area contributed by atoms with Gasteiger partial charge in [0.05, 0.1) is 18.6 Å². The van der Waals surface area contributed by atoms with Gasteiger partial charge in [-0.25, -0.2) is 0 Å². The number of carbonyl (C=O) groups is 2. The highest BCUT2D eigenvalue weighted by Crippen LogP contribution is 2.38. The molecule has 1 saturated heterocycles. The van der Waals surface area contributed by atoms with E-state index in [1.807, 2.05) is 30.3 Å². The minimum absolute atomic E-state index is 0.00324. The van der Waals surface area contributed by atoms with E-state index in [0.717, 1.165) is 11.1 Å². The molecule has 0 saturated carbocycles. The van der Waals surface area contributed by atoms with Crippen LogP contribution in [0.15, 0.2) is 48.5 Å². The molecule has 2 atom stereocenters. The van der Waals surface area contributed by atoms with Crippen LogP contribution in [0.1, 0.15) is 23.6 Å². The quantitative estimate of drug-likeness (QED) is 0.729. The van der Waals surface area contributed by atoms with Crippen LogP contribution in [0.25, 0.3) is 0 Å². The summed E-state index contributed by atoms with van der Waals surface area (Å²) in [6.07, 6.45) is -0.00324. The molecule has 1 aliphatic heterocycles. The molecule has 6 nitrogen and oxygen atoms in total. The van der Waals surface area contributed by atoms with Crippen molar-refractivity contribution in [2.45, 2.75) is 19.1 Å². The Kier molecular flexibility index (Phi) is 6.54. The molecular weight excluding hydrogens is 382 g/mol. The van der Waals surface area contributed by atoms with E-state index in [2.05, 4.69) is 0 Å². The zero-order valence-corrected chi connectivity index (χ0v) is 16.3. The fraction of sp³-hybridized carbons (Fsp3) is 0.333. The first-order valence-corrected chi connectivity index (χ1v) is 9.36. The number of carboxylic acids is 1. The van der Waals surface area contributed by atoms with Crippen LogP contribution in [-0.2, 0) is 20.9 Å². The molecule has 1 aliphatic rings. The molecule has 0 radical (unpaired) electrons. The van der Waals surface area contributed by atoms with E-state index >= 15 is 0 Å². The van der Waals surface area contributed by atoms with E-state index in [0.29, 0.717) is 30.5 Å². The lowest BCUT2D eigenvalue weighted by molar-refractivity contribution is -0.142. The average molecular weight is 404 g/mol. The zero-order chi connectivity index (χ0) is 20.1. The van der Waals surface area contributed by atoms with Gasteiger partial charge >= 0.3 is 5.97 Å². The van der Waals surface area contributed by atoms with Crippen molar-refractivity contribution in [3.8, 4) is 5.75 Å². The average Bonchev–Trinajstić information content (AvgIpc) is 3.02. The summed E-state index contributed by atoms with van der Waals surface area (Å²) in [6, 6.07) is 14.1. The molecule has 3 rings (SSSR count). The van der Waals surface area contributed by atoms with Crippen molar-refractivity contribution in [1.82, 2.24) is 4.90 Å². The second-order valence-electron chi connectivity index (χ2n) is 6.66. The fourth-order valence-corrected chi connectivity index (χ4v) is 3.64. The van der Waals surface area contributed by atoms with Crippen LogP contribution in [0.2, 0.25) is 5.02 Å². The minimum Gasteiger partial charge on any atom is -0.489 e. The van der Waals surface area contributed by atoms with Gasteiger partial charge in [0, 0.05) is 25.1 Å². The van der Waals surface area contributed by atoms with Gasteiger partial charge in [0.15, 0.2) is 0 Å². The molecule has 2 aromatic rings. The van der Waals surface area contributed by atoms with Crippen LogP contribution >= 0.6 is 11.6 Å². The van der Waals surface area contributed by atoms with Gasteiger partial charge in [-0.1, -0.05) is 35.9 Å². The van der Waals surface area contributed by atoms with Crippen LogP contribution in [0.5, 0.6) is 5.75 Å². The van der Waals surface area contributed by atoms with Crippen molar-refractivity contribution in [3.63, 3.8) is 0 Å². The second kappa shape index (κ2) is 9.08. The summed E-state index contributed by atoms with van der Waals surface area (Å²) in [5.74, 6) is -1.26. The molecule has 0 spiro atoms. The SMILES string of the molecule is COCCN1C(=O)C[C@@H](C(=O)O)[C@H]1c1ccc(OCc2cccc(Cl)c2)cc1. The fourth-order valence-electron chi connectivity index (χ4n) is 3.43. The predicted octanol–water partition coefficient (Wildman–Crippen LogP) is 3.54. The number of benzene rings is 2. The summed E-state index contributed by atoms with van der Waals surface area (Å²) >= 11 is 5.98. The standard InChI is InChI=1S/C21H22ClNO5/c1-27-10-9-23-19(24)12-18(21(25)26)20(23)15-5-7-17(8-6-15)28-13-14-3-2-4-16(22)11-14/h2-8,11,18,20H,9-10,12-13H2,1H3,(H,25,26)/t18-,20-/m1/s1. The number of carboxylic acid groups (broad SMARTS) is 1. The summed E-state index contributed by atoms with van der Waals surface area (Å²) < 4.78 is 10.8. The Morgan fingerprint density at radius 2 is 2.00 bits per heavy atom. The first-order valence-electron chi connectivity index (χ1n) is 8.98. The highest BCUT2D eigenvalue weighted by Gasteiger charge is 2.44. The molecule has 1 amide bonds. The Labute approximate surface area is 168 Å². The van der Waals surface area contributed by atoms with Gasteiger partial charge < -0.3 is 19.5 Å². The third-order valence-electron chi connectivity index (χ3n) is 4.80. The highest BCUT2D eigenvalue weighted by atomic mass is 35.5. The van der Waals surface area contributed by atoms with Gasteiger partial charge in [0.25, 0.3) is 0 Å².